The number of thiocarbonyl (C=S) groups is 1. The Bertz CT molecular complexity index is 932. The Morgan fingerprint density at radius 3 is 2.81 bits per heavy atom. The van der Waals surface area contributed by atoms with E-state index in [0.717, 1.165) is 16.8 Å². The SMILES string of the molecule is COc1ccc2c(c1)[C@@H]1NC(=S)N[C@@](C)(O2)[C@@H]1C(=O)Nc1ccccc1C. The Labute approximate surface area is 163 Å². The molecule has 0 aliphatic carbocycles. The van der Waals surface area contributed by atoms with Crippen LogP contribution in [0.25, 0.3) is 0 Å². The third-order valence-corrected chi connectivity index (χ3v) is 5.35. The third-order valence-electron chi connectivity index (χ3n) is 5.13. The van der Waals surface area contributed by atoms with Gasteiger partial charge in [-0.3, -0.25) is 4.79 Å². The van der Waals surface area contributed by atoms with Gasteiger partial charge in [-0.05, 0) is 55.9 Å². The summed E-state index contributed by atoms with van der Waals surface area (Å²) in [6.07, 6.45) is 0. The summed E-state index contributed by atoms with van der Waals surface area (Å²) in [6.45, 7) is 3.81. The van der Waals surface area contributed by atoms with Crippen molar-refractivity contribution in [3.63, 3.8) is 0 Å². The van der Waals surface area contributed by atoms with E-state index in [-0.39, 0.29) is 11.9 Å². The van der Waals surface area contributed by atoms with E-state index in [1.54, 1.807) is 7.11 Å². The Kier molecular flexibility index (Phi) is 4.19. The molecule has 140 valence electrons. The summed E-state index contributed by atoms with van der Waals surface area (Å²) in [5, 5.41) is 9.86. The molecule has 1 saturated heterocycles. The summed E-state index contributed by atoms with van der Waals surface area (Å²) in [6, 6.07) is 12.9. The first-order chi connectivity index (χ1) is 12.9. The molecule has 0 radical (unpaired) electrons. The van der Waals surface area contributed by atoms with E-state index in [0.29, 0.717) is 16.6 Å². The van der Waals surface area contributed by atoms with Gasteiger partial charge in [-0.1, -0.05) is 18.2 Å². The molecular weight excluding hydrogens is 362 g/mol. The Balaban J connectivity index is 1.74. The zero-order valence-corrected chi connectivity index (χ0v) is 16.1. The first-order valence-electron chi connectivity index (χ1n) is 8.73. The molecule has 2 aromatic rings. The van der Waals surface area contributed by atoms with Crippen molar-refractivity contribution in [2.75, 3.05) is 12.4 Å². The number of fused-ring (bicyclic) bond motifs is 4. The quantitative estimate of drug-likeness (QED) is 0.708. The molecule has 0 saturated carbocycles. The summed E-state index contributed by atoms with van der Waals surface area (Å²) >= 11 is 5.35. The number of methoxy groups -OCH3 is 1. The van der Waals surface area contributed by atoms with Gasteiger partial charge in [0, 0.05) is 11.3 Å². The molecule has 2 heterocycles. The highest BCUT2D eigenvalue weighted by atomic mass is 32.1. The number of carbonyl (C=O) groups excluding carboxylic acids is 1. The van der Waals surface area contributed by atoms with Gasteiger partial charge in [0.2, 0.25) is 5.91 Å². The second kappa shape index (κ2) is 6.42. The van der Waals surface area contributed by atoms with Crippen molar-refractivity contribution < 1.29 is 14.3 Å². The fourth-order valence-electron chi connectivity index (χ4n) is 3.77. The van der Waals surface area contributed by atoms with Crippen molar-refractivity contribution >= 4 is 28.9 Å². The van der Waals surface area contributed by atoms with Crippen molar-refractivity contribution in [2.24, 2.45) is 5.92 Å². The highest BCUT2D eigenvalue weighted by Gasteiger charge is 2.54. The molecule has 7 heteroatoms. The topological polar surface area (TPSA) is 71.6 Å². The standard InChI is InChI=1S/C20H21N3O3S/c1-11-6-4-5-7-14(11)21-18(24)16-17-13-10-12(25-3)8-9-15(13)26-20(16,2)23-19(27)22-17/h4-10,16-17H,1-3H3,(H,21,24)(H2,22,23,27)/t16-,17-,20-/m0/s1. The van der Waals surface area contributed by atoms with Gasteiger partial charge in [0.15, 0.2) is 10.8 Å². The summed E-state index contributed by atoms with van der Waals surface area (Å²) in [5.74, 6) is 0.715. The fraction of sp³-hybridized carbons (Fsp3) is 0.300. The van der Waals surface area contributed by atoms with E-state index < -0.39 is 11.6 Å². The van der Waals surface area contributed by atoms with E-state index in [9.17, 15) is 4.79 Å². The molecule has 4 rings (SSSR count). The number of aryl methyl sites for hydroxylation is 1. The van der Waals surface area contributed by atoms with E-state index >= 15 is 0 Å². The third kappa shape index (κ3) is 2.98. The highest BCUT2D eigenvalue weighted by Crippen LogP contribution is 2.46. The smallest absolute Gasteiger partial charge is 0.236 e. The van der Waals surface area contributed by atoms with Crippen LogP contribution >= 0.6 is 12.2 Å². The van der Waals surface area contributed by atoms with Gasteiger partial charge in [0.25, 0.3) is 0 Å². The fourth-order valence-corrected chi connectivity index (χ4v) is 4.10. The zero-order chi connectivity index (χ0) is 19.2. The molecular formula is C20H21N3O3S. The number of hydrogen-bond donors (Lipinski definition) is 3. The first kappa shape index (κ1) is 17.6. The number of para-hydroxylation sites is 1. The summed E-state index contributed by atoms with van der Waals surface area (Å²) in [4.78, 5) is 13.3. The maximum atomic E-state index is 13.3. The van der Waals surface area contributed by atoms with Crippen molar-refractivity contribution in [3.05, 3.63) is 53.6 Å². The molecule has 0 aromatic heterocycles. The molecule has 3 N–H and O–H groups in total. The summed E-state index contributed by atoms with van der Waals surface area (Å²) < 4.78 is 11.6. The normalized spacial score (nSPS) is 25.4. The molecule has 0 spiro atoms. The van der Waals surface area contributed by atoms with Gasteiger partial charge in [-0.25, -0.2) is 0 Å². The number of carbonyl (C=O) groups is 1. The lowest BCUT2D eigenvalue weighted by molar-refractivity contribution is -0.132. The molecule has 2 aromatic carbocycles. The van der Waals surface area contributed by atoms with E-state index in [1.165, 1.54) is 0 Å². The maximum Gasteiger partial charge on any atom is 0.236 e. The molecule has 1 amide bonds. The molecule has 2 bridgehead atoms. The predicted molar refractivity (Wildman–Crippen MR) is 107 cm³/mol. The number of ether oxygens (including phenoxy) is 2. The second-order valence-corrected chi connectivity index (χ2v) is 7.38. The minimum absolute atomic E-state index is 0.146. The largest absolute Gasteiger partial charge is 0.497 e. The molecule has 2 aliphatic rings. The van der Waals surface area contributed by atoms with Crippen LogP contribution in [-0.4, -0.2) is 23.9 Å². The number of hydrogen-bond acceptors (Lipinski definition) is 4. The van der Waals surface area contributed by atoms with Crippen molar-refractivity contribution in [1.82, 2.24) is 10.6 Å². The molecule has 3 atom stereocenters. The highest BCUT2D eigenvalue weighted by molar-refractivity contribution is 7.80. The second-order valence-electron chi connectivity index (χ2n) is 6.97. The Morgan fingerprint density at radius 1 is 1.30 bits per heavy atom. The van der Waals surface area contributed by atoms with Crippen LogP contribution in [0.2, 0.25) is 0 Å². The van der Waals surface area contributed by atoms with Crippen LogP contribution in [0.1, 0.15) is 24.1 Å². The van der Waals surface area contributed by atoms with E-state index in [4.69, 9.17) is 21.7 Å². The van der Waals surface area contributed by atoms with Gasteiger partial charge in [-0.15, -0.1) is 0 Å². The van der Waals surface area contributed by atoms with Crippen LogP contribution in [0.15, 0.2) is 42.5 Å². The molecule has 6 nitrogen and oxygen atoms in total. The molecule has 2 aliphatic heterocycles. The summed E-state index contributed by atoms with van der Waals surface area (Å²) in [7, 11) is 1.61. The number of amides is 1. The average Bonchev–Trinajstić information content (AvgIpc) is 2.62. The Hall–Kier alpha value is -2.80. The first-order valence-corrected chi connectivity index (χ1v) is 9.14. The van der Waals surface area contributed by atoms with Crippen LogP contribution in [0.3, 0.4) is 0 Å². The van der Waals surface area contributed by atoms with Gasteiger partial charge < -0.3 is 25.4 Å². The van der Waals surface area contributed by atoms with Crippen LogP contribution in [-0.2, 0) is 4.79 Å². The number of benzene rings is 2. The monoisotopic (exact) mass is 383 g/mol. The van der Waals surface area contributed by atoms with Gasteiger partial charge in [0.1, 0.15) is 17.4 Å². The van der Waals surface area contributed by atoms with Gasteiger partial charge >= 0.3 is 0 Å². The van der Waals surface area contributed by atoms with E-state index in [2.05, 4.69) is 16.0 Å². The van der Waals surface area contributed by atoms with Crippen LogP contribution in [0, 0.1) is 12.8 Å². The predicted octanol–water partition coefficient (Wildman–Crippen LogP) is 2.89. The minimum Gasteiger partial charge on any atom is -0.497 e. The number of anilines is 1. The number of rotatable bonds is 3. The van der Waals surface area contributed by atoms with Crippen molar-refractivity contribution in [1.29, 1.82) is 0 Å². The van der Waals surface area contributed by atoms with Crippen LogP contribution < -0.4 is 25.4 Å². The van der Waals surface area contributed by atoms with Gasteiger partial charge in [-0.2, -0.15) is 0 Å². The van der Waals surface area contributed by atoms with Crippen molar-refractivity contribution in [2.45, 2.75) is 25.6 Å². The minimum atomic E-state index is -0.957. The Morgan fingerprint density at radius 2 is 2.07 bits per heavy atom. The lowest BCUT2D eigenvalue weighted by atomic mass is 9.79. The number of nitrogens with one attached hydrogen (secondary N) is 3. The lowest BCUT2D eigenvalue weighted by Gasteiger charge is -2.50. The van der Waals surface area contributed by atoms with Crippen LogP contribution in [0.4, 0.5) is 5.69 Å². The maximum absolute atomic E-state index is 13.3. The van der Waals surface area contributed by atoms with Crippen molar-refractivity contribution in [3.8, 4) is 11.5 Å². The lowest BCUT2D eigenvalue weighted by Crippen LogP contribution is -2.70. The average molecular weight is 383 g/mol. The molecule has 27 heavy (non-hydrogen) atoms. The molecule has 1 fully saturated rings. The van der Waals surface area contributed by atoms with E-state index in [1.807, 2.05) is 56.3 Å². The van der Waals surface area contributed by atoms with Gasteiger partial charge in [0.05, 0.1) is 13.2 Å². The summed E-state index contributed by atoms with van der Waals surface area (Å²) in [5.41, 5.74) is 1.67. The van der Waals surface area contributed by atoms with Crippen LogP contribution in [0.5, 0.6) is 11.5 Å². The molecule has 0 unspecified atom stereocenters. The zero-order valence-electron chi connectivity index (χ0n) is 15.3.